The summed E-state index contributed by atoms with van der Waals surface area (Å²) in [6.07, 6.45) is 2.95. The Morgan fingerprint density at radius 1 is 1.55 bits per heavy atom. The van der Waals surface area contributed by atoms with Crippen LogP contribution in [0.2, 0.25) is 0 Å². The molecule has 1 aromatic heterocycles. The van der Waals surface area contributed by atoms with E-state index in [4.69, 9.17) is 10.5 Å². The Hall–Kier alpha value is -1.41. The molecule has 5 N–H and O–H groups in total. The molecule has 3 rings (SSSR count). The molecule has 0 spiro atoms. The Morgan fingerprint density at radius 3 is 3.20 bits per heavy atom. The van der Waals surface area contributed by atoms with Gasteiger partial charge in [-0.3, -0.25) is 9.89 Å². The van der Waals surface area contributed by atoms with E-state index in [1.165, 1.54) is 0 Å². The van der Waals surface area contributed by atoms with Crippen LogP contribution in [-0.4, -0.2) is 54.2 Å². The number of anilines is 1. The summed E-state index contributed by atoms with van der Waals surface area (Å²) in [5, 5.41) is 13.2. The van der Waals surface area contributed by atoms with Crippen LogP contribution in [0.5, 0.6) is 0 Å². The molecular formula is C13H21N5O2. The average molecular weight is 279 g/mol. The predicted molar refractivity (Wildman–Crippen MR) is 76.5 cm³/mol. The quantitative estimate of drug-likeness (QED) is 0.615. The molecule has 2 aliphatic heterocycles. The number of nitrogens with two attached hydrogens (primary N) is 1. The standard InChI is InChI=1S/C13H21N5O2/c1-20-6-9-4-18(5-10(9)19)3-8-2-15-12-11(8)16-7-17-13(12)14/h2,7,9-10,13,15,19H,3-6,14H2,1H3,(H,16,17). The van der Waals surface area contributed by atoms with Gasteiger partial charge in [0.05, 0.1) is 30.4 Å². The van der Waals surface area contributed by atoms with Crippen LogP contribution in [-0.2, 0) is 11.3 Å². The molecule has 0 saturated carbocycles. The number of fused-ring (bicyclic) bond motifs is 1. The summed E-state index contributed by atoms with van der Waals surface area (Å²) < 4.78 is 5.15. The molecule has 0 bridgehead atoms. The van der Waals surface area contributed by atoms with Crippen molar-refractivity contribution in [2.45, 2.75) is 18.8 Å². The van der Waals surface area contributed by atoms with Crippen molar-refractivity contribution in [3.05, 3.63) is 17.5 Å². The first-order valence-electron chi connectivity index (χ1n) is 6.82. The molecule has 1 saturated heterocycles. The second-order valence-electron chi connectivity index (χ2n) is 5.45. The lowest BCUT2D eigenvalue weighted by molar-refractivity contribution is 0.0791. The van der Waals surface area contributed by atoms with E-state index >= 15 is 0 Å². The van der Waals surface area contributed by atoms with Crippen LogP contribution in [0.15, 0.2) is 11.2 Å². The van der Waals surface area contributed by atoms with Gasteiger partial charge in [0.1, 0.15) is 6.17 Å². The molecule has 1 fully saturated rings. The smallest absolute Gasteiger partial charge is 0.141 e. The van der Waals surface area contributed by atoms with Crippen molar-refractivity contribution in [3.8, 4) is 0 Å². The fourth-order valence-corrected chi connectivity index (χ4v) is 2.96. The molecule has 0 aromatic carbocycles. The summed E-state index contributed by atoms with van der Waals surface area (Å²) >= 11 is 0. The van der Waals surface area contributed by atoms with Gasteiger partial charge in [-0.1, -0.05) is 0 Å². The van der Waals surface area contributed by atoms with E-state index in [-0.39, 0.29) is 18.2 Å². The number of ether oxygens (including phenoxy) is 1. The Balaban J connectivity index is 1.68. The molecule has 1 aromatic rings. The summed E-state index contributed by atoms with van der Waals surface area (Å²) in [7, 11) is 1.67. The number of aromatic nitrogens is 1. The number of H-pyrrole nitrogens is 1. The fourth-order valence-electron chi connectivity index (χ4n) is 2.96. The molecule has 0 aliphatic carbocycles. The summed E-state index contributed by atoms with van der Waals surface area (Å²) in [5.74, 6) is 0.187. The first-order valence-corrected chi connectivity index (χ1v) is 6.82. The number of likely N-dealkylation sites (tertiary alicyclic amines) is 1. The summed E-state index contributed by atoms with van der Waals surface area (Å²) in [6.45, 7) is 2.89. The highest BCUT2D eigenvalue weighted by atomic mass is 16.5. The van der Waals surface area contributed by atoms with Crippen LogP contribution in [0.3, 0.4) is 0 Å². The number of hydrogen-bond acceptors (Lipinski definition) is 6. The molecule has 7 heteroatoms. The Bertz CT molecular complexity index is 501. The maximum absolute atomic E-state index is 10.0. The van der Waals surface area contributed by atoms with E-state index < -0.39 is 0 Å². The van der Waals surface area contributed by atoms with Crippen LogP contribution in [0, 0.1) is 5.92 Å². The van der Waals surface area contributed by atoms with Crippen molar-refractivity contribution < 1.29 is 9.84 Å². The van der Waals surface area contributed by atoms with E-state index in [1.54, 1.807) is 13.4 Å². The first-order chi connectivity index (χ1) is 9.69. The summed E-state index contributed by atoms with van der Waals surface area (Å²) in [5.41, 5.74) is 8.98. The average Bonchev–Trinajstić information content (AvgIpc) is 2.97. The molecule has 20 heavy (non-hydrogen) atoms. The maximum Gasteiger partial charge on any atom is 0.141 e. The van der Waals surface area contributed by atoms with Gasteiger partial charge < -0.3 is 25.9 Å². The molecule has 3 unspecified atom stereocenters. The molecule has 7 nitrogen and oxygen atoms in total. The van der Waals surface area contributed by atoms with Crippen molar-refractivity contribution in [2.24, 2.45) is 16.6 Å². The highest BCUT2D eigenvalue weighted by Crippen LogP contribution is 2.30. The maximum atomic E-state index is 10.0. The number of hydrogen-bond donors (Lipinski definition) is 4. The molecule has 3 atom stereocenters. The zero-order valence-electron chi connectivity index (χ0n) is 11.5. The minimum Gasteiger partial charge on any atom is -0.391 e. The lowest BCUT2D eigenvalue weighted by Gasteiger charge is -2.18. The van der Waals surface area contributed by atoms with Crippen LogP contribution < -0.4 is 11.1 Å². The summed E-state index contributed by atoms with van der Waals surface area (Å²) in [4.78, 5) is 9.52. The van der Waals surface area contributed by atoms with Gasteiger partial charge in [0, 0.05) is 44.4 Å². The Kier molecular flexibility index (Phi) is 3.75. The molecule has 3 heterocycles. The Labute approximate surface area is 117 Å². The number of aromatic amines is 1. The SMILES string of the molecule is COCC1CN(Cc2c[nH]c3c2NC=NC3N)CC1O. The zero-order valence-corrected chi connectivity index (χ0v) is 11.5. The van der Waals surface area contributed by atoms with Gasteiger partial charge in [0.15, 0.2) is 0 Å². The van der Waals surface area contributed by atoms with E-state index in [2.05, 4.69) is 20.2 Å². The van der Waals surface area contributed by atoms with E-state index in [0.29, 0.717) is 13.2 Å². The Morgan fingerprint density at radius 2 is 2.40 bits per heavy atom. The number of β-amino-alcohol motifs (C(OH)–C–C–N with tert-alkyl or cyclic N) is 1. The van der Waals surface area contributed by atoms with Crippen molar-refractivity contribution in [3.63, 3.8) is 0 Å². The van der Waals surface area contributed by atoms with Gasteiger partial charge in [-0.25, -0.2) is 0 Å². The lowest BCUT2D eigenvalue weighted by atomic mass is 10.1. The third kappa shape index (κ3) is 2.45. The predicted octanol–water partition coefficient (Wildman–Crippen LogP) is -0.135. The molecule has 0 amide bonds. The van der Waals surface area contributed by atoms with Gasteiger partial charge >= 0.3 is 0 Å². The topological polar surface area (TPSA) is 98.9 Å². The third-order valence-corrected chi connectivity index (χ3v) is 3.99. The van der Waals surface area contributed by atoms with Crippen LogP contribution in [0.1, 0.15) is 17.4 Å². The number of methoxy groups -OCH3 is 1. The number of aliphatic hydroxyl groups excluding tert-OH is 1. The van der Waals surface area contributed by atoms with Gasteiger partial charge in [-0.2, -0.15) is 0 Å². The van der Waals surface area contributed by atoms with Crippen molar-refractivity contribution >= 4 is 12.0 Å². The van der Waals surface area contributed by atoms with Crippen LogP contribution in [0.25, 0.3) is 0 Å². The number of rotatable bonds is 4. The largest absolute Gasteiger partial charge is 0.391 e. The van der Waals surface area contributed by atoms with E-state index in [9.17, 15) is 5.11 Å². The lowest BCUT2D eigenvalue weighted by Crippen LogP contribution is -2.22. The van der Waals surface area contributed by atoms with Gasteiger partial charge in [0.25, 0.3) is 0 Å². The van der Waals surface area contributed by atoms with Gasteiger partial charge in [0.2, 0.25) is 0 Å². The number of aliphatic imine (C=N–C) groups is 1. The van der Waals surface area contributed by atoms with Crippen LogP contribution in [0.4, 0.5) is 5.69 Å². The van der Waals surface area contributed by atoms with Crippen LogP contribution >= 0.6 is 0 Å². The van der Waals surface area contributed by atoms with E-state index in [1.807, 2.05) is 6.20 Å². The molecule has 110 valence electrons. The number of aliphatic hydroxyl groups is 1. The first kappa shape index (κ1) is 13.6. The third-order valence-electron chi connectivity index (χ3n) is 3.99. The van der Waals surface area contributed by atoms with Crippen molar-refractivity contribution in [1.82, 2.24) is 9.88 Å². The van der Waals surface area contributed by atoms with Crippen molar-refractivity contribution in [2.75, 3.05) is 32.1 Å². The second-order valence-corrected chi connectivity index (χ2v) is 5.45. The highest BCUT2D eigenvalue weighted by molar-refractivity contribution is 5.81. The number of nitrogens with zero attached hydrogens (tertiary/aromatic N) is 2. The molecular weight excluding hydrogens is 258 g/mol. The minimum absolute atomic E-state index is 0.187. The molecule has 0 radical (unpaired) electrons. The monoisotopic (exact) mass is 279 g/mol. The van der Waals surface area contributed by atoms with Gasteiger partial charge in [-0.05, 0) is 0 Å². The second kappa shape index (κ2) is 5.53. The zero-order chi connectivity index (χ0) is 14.1. The van der Waals surface area contributed by atoms with E-state index in [0.717, 1.165) is 30.0 Å². The van der Waals surface area contributed by atoms with Crippen molar-refractivity contribution in [1.29, 1.82) is 0 Å². The molecule has 2 aliphatic rings. The normalized spacial score (nSPS) is 29.4. The summed E-state index contributed by atoms with van der Waals surface area (Å²) in [6, 6.07) is 0. The highest BCUT2D eigenvalue weighted by Gasteiger charge is 2.32. The fraction of sp³-hybridized carbons (Fsp3) is 0.615. The minimum atomic E-state index is -0.328. The van der Waals surface area contributed by atoms with Gasteiger partial charge in [-0.15, -0.1) is 0 Å². The number of nitrogens with one attached hydrogen (secondary N) is 2.